The van der Waals surface area contributed by atoms with Gasteiger partial charge >= 0.3 is 6.09 Å². The number of nitrogens with one attached hydrogen (secondary N) is 1. The van der Waals surface area contributed by atoms with Crippen molar-refractivity contribution in [2.45, 2.75) is 26.4 Å². The van der Waals surface area contributed by atoms with Crippen LogP contribution >= 0.6 is 0 Å². The van der Waals surface area contributed by atoms with Crippen molar-refractivity contribution in [3.05, 3.63) is 36.2 Å². The molecule has 1 aromatic rings. The van der Waals surface area contributed by atoms with Crippen molar-refractivity contribution in [3.8, 4) is 5.75 Å². The largest absolute Gasteiger partial charge is 0.496 e. The summed E-state index contributed by atoms with van der Waals surface area (Å²) in [4.78, 5) is 11.6. The average molecular weight is 281 g/mol. The van der Waals surface area contributed by atoms with E-state index in [1.165, 1.54) is 7.11 Å². The molecule has 0 heterocycles. The van der Waals surface area contributed by atoms with Gasteiger partial charge < -0.3 is 14.8 Å². The van der Waals surface area contributed by atoms with Crippen LogP contribution in [0.15, 0.2) is 30.6 Å². The van der Waals surface area contributed by atoms with Gasteiger partial charge in [-0.25, -0.2) is 9.18 Å². The first kappa shape index (κ1) is 16.0. The summed E-state index contributed by atoms with van der Waals surface area (Å²) in [5.74, 6) is 0.544. The van der Waals surface area contributed by atoms with Gasteiger partial charge in [-0.05, 0) is 26.8 Å². The van der Waals surface area contributed by atoms with Crippen LogP contribution in [0.25, 0.3) is 5.57 Å². The summed E-state index contributed by atoms with van der Waals surface area (Å²) in [7, 11) is 1.51. The van der Waals surface area contributed by atoms with Gasteiger partial charge in [-0.1, -0.05) is 18.2 Å². The summed E-state index contributed by atoms with van der Waals surface area (Å²) in [6.45, 7) is 5.31. The van der Waals surface area contributed by atoms with Crippen molar-refractivity contribution in [2.75, 3.05) is 13.7 Å². The van der Waals surface area contributed by atoms with Crippen molar-refractivity contribution in [3.63, 3.8) is 0 Å². The SMILES string of the molecule is COc1ccccc1C(=CF)CNC(=O)OC(C)(C)C. The molecule has 0 bridgehead atoms. The number of ether oxygens (including phenoxy) is 2. The third-order valence-corrected chi connectivity index (χ3v) is 2.41. The van der Waals surface area contributed by atoms with Crippen LogP contribution in [0.4, 0.5) is 9.18 Å². The third-order valence-electron chi connectivity index (χ3n) is 2.41. The van der Waals surface area contributed by atoms with E-state index in [9.17, 15) is 9.18 Å². The van der Waals surface area contributed by atoms with E-state index in [0.29, 0.717) is 23.2 Å². The number of carbonyl (C=O) groups is 1. The predicted molar refractivity (Wildman–Crippen MR) is 76.3 cm³/mol. The van der Waals surface area contributed by atoms with E-state index in [0.717, 1.165) is 0 Å². The second-order valence-electron chi connectivity index (χ2n) is 5.19. The number of alkyl carbamates (subject to hydrolysis) is 1. The Morgan fingerprint density at radius 3 is 2.55 bits per heavy atom. The highest BCUT2D eigenvalue weighted by molar-refractivity contribution is 5.75. The van der Waals surface area contributed by atoms with Gasteiger partial charge in [-0.15, -0.1) is 0 Å². The number of carbonyl (C=O) groups excluding carboxylic acids is 1. The molecule has 0 unspecified atom stereocenters. The fraction of sp³-hybridized carbons (Fsp3) is 0.400. The standard InChI is InChI=1S/C15H20FNO3/c1-15(2,3)20-14(18)17-10-11(9-16)12-7-5-6-8-13(12)19-4/h5-9H,10H2,1-4H3,(H,17,18). The molecule has 20 heavy (non-hydrogen) atoms. The van der Waals surface area contributed by atoms with Crippen molar-refractivity contribution in [1.29, 1.82) is 0 Å². The molecule has 5 heteroatoms. The molecule has 1 N–H and O–H groups in total. The van der Waals surface area contributed by atoms with E-state index in [2.05, 4.69) is 5.32 Å². The van der Waals surface area contributed by atoms with Crippen LogP contribution in [-0.4, -0.2) is 25.3 Å². The van der Waals surface area contributed by atoms with Crippen LogP contribution in [0.3, 0.4) is 0 Å². The topological polar surface area (TPSA) is 47.6 Å². The molecular weight excluding hydrogens is 261 g/mol. The van der Waals surface area contributed by atoms with Gasteiger partial charge in [0, 0.05) is 17.7 Å². The van der Waals surface area contributed by atoms with Crippen molar-refractivity contribution < 1.29 is 18.7 Å². The lowest BCUT2D eigenvalue weighted by molar-refractivity contribution is 0.0535. The molecule has 0 saturated heterocycles. The van der Waals surface area contributed by atoms with E-state index in [1.54, 1.807) is 45.0 Å². The third kappa shape index (κ3) is 4.91. The second-order valence-corrected chi connectivity index (χ2v) is 5.19. The number of methoxy groups -OCH3 is 1. The average Bonchev–Trinajstić information content (AvgIpc) is 2.38. The maximum atomic E-state index is 13.0. The van der Waals surface area contributed by atoms with Crippen molar-refractivity contribution in [2.24, 2.45) is 0 Å². The van der Waals surface area contributed by atoms with Crippen molar-refractivity contribution >= 4 is 11.7 Å². The number of amides is 1. The lowest BCUT2D eigenvalue weighted by Gasteiger charge is -2.20. The lowest BCUT2D eigenvalue weighted by Crippen LogP contribution is -2.33. The molecule has 110 valence electrons. The quantitative estimate of drug-likeness (QED) is 0.918. The predicted octanol–water partition coefficient (Wildman–Crippen LogP) is 3.53. The highest BCUT2D eigenvalue weighted by Crippen LogP contribution is 2.25. The van der Waals surface area contributed by atoms with Crippen LogP contribution < -0.4 is 10.1 Å². The van der Waals surface area contributed by atoms with E-state index >= 15 is 0 Å². The number of para-hydroxylation sites is 1. The summed E-state index contributed by atoms with van der Waals surface area (Å²) in [5.41, 5.74) is 0.315. The Labute approximate surface area is 118 Å². The van der Waals surface area contributed by atoms with Gasteiger partial charge in [-0.2, -0.15) is 0 Å². The van der Waals surface area contributed by atoms with E-state index in [4.69, 9.17) is 9.47 Å². The molecule has 1 rings (SSSR count). The molecule has 0 radical (unpaired) electrons. The Hall–Kier alpha value is -2.04. The molecule has 0 aliphatic carbocycles. The molecule has 0 aromatic heterocycles. The Morgan fingerprint density at radius 2 is 2.00 bits per heavy atom. The zero-order chi connectivity index (χ0) is 15.2. The van der Waals surface area contributed by atoms with Gasteiger partial charge in [0.1, 0.15) is 11.4 Å². The minimum atomic E-state index is -0.591. The van der Waals surface area contributed by atoms with Crippen LogP contribution in [0.2, 0.25) is 0 Å². The van der Waals surface area contributed by atoms with Gasteiger partial charge in [0.15, 0.2) is 0 Å². The maximum absolute atomic E-state index is 13.0. The molecular formula is C15H20FNO3. The maximum Gasteiger partial charge on any atom is 0.407 e. The molecule has 0 aliphatic heterocycles. The summed E-state index contributed by atoms with van der Waals surface area (Å²) in [6, 6.07) is 7.02. The summed E-state index contributed by atoms with van der Waals surface area (Å²) in [5, 5.41) is 2.52. The van der Waals surface area contributed by atoms with Gasteiger partial charge in [0.25, 0.3) is 0 Å². The Morgan fingerprint density at radius 1 is 1.35 bits per heavy atom. The van der Waals surface area contributed by atoms with Crippen LogP contribution in [0, 0.1) is 0 Å². The molecule has 0 aliphatic rings. The van der Waals surface area contributed by atoms with Gasteiger partial charge in [0.05, 0.1) is 13.4 Å². The van der Waals surface area contributed by atoms with E-state index in [-0.39, 0.29) is 6.54 Å². The van der Waals surface area contributed by atoms with Gasteiger partial charge in [-0.3, -0.25) is 0 Å². The highest BCUT2D eigenvalue weighted by atomic mass is 19.1. The highest BCUT2D eigenvalue weighted by Gasteiger charge is 2.17. The fourth-order valence-corrected chi connectivity index (χ4v) is 1.58. The number of hydrogen-bond acceptors (Lipinski definition) is 3. The molecule has 1 amide bonds. The molecule has 1 aromatic carbocycles. The smallest absolute Gasteiger partial charge is 0.407 e. The van der Waals surface area contributed by atoms with Gasteiger partial charge in [0.2, 0.25) is 0 Å². The first-order chi connectivity index (χ1) is 9.37. The summed E-state index contributed by atoms with van der Waals surface area (Å²) in [6.07, 6.45) is -0.137. The number of rotatable bonds is 4. The Bertz CT molecular complexity index is 492. The molecule has 0 fully saturated rings. The molecule has 4 nitrogen and oxygen atoms in total. The number of halogens is 1. The first-order valence-electron chi connectivity index (χ1n) is 6.27. The number of benzene rings is 1. The van der Waals surface area contributed by atoms with Crippen LogP contribution in [-0.2, 0) is 4.74 Å². The van der Waals surface area contributed by atoms with Crippen LogP contribution in [0.1, 0.15) is 26.3 Å². The van der Waals surface area contributed by atoms with Crippen molar-refractivity contribution in [1.82, 2.24) is 5.32 Å². The monoisotopic (exact) mass is 281 g/mol. The van der Waals surface area contributed by atoms with E-state index < -0.39 is 11.7 Å². The normalized spacial score (nSPS) is 11.9. The minimum Gasteiger partial charge on any atom is -0.496 e. The zero-order valence-corrected chi connectivity index (χ0v) is 12.2. The Balaban J connectivity index is 2.72. The zero-order valence-electron chi connectivity index (χ0n) is 12.2. The lowest BCUT2D eigenvalue weighted by atomic mass is 10.1. The fourth-order valence-electron chi connectivity index (χ4n) is 1.58. The number of hydrogen-bond donors (Lipinski definition) is 1. The minimum absolute atomic E-state index is 0.0196. The first-order valence-corrected chi connectivity index (χ1v) is 6.27. The Kier molecular flexibility index (Phi) is 5.55. The van der Waals surface area contributed by atoms with Crippen LogP contribution in [0.5, 0.6) is 5.75 Å². The summed E-state index contributed by atoms with van der Waals surface area (Å²) >= 11 is 0. The van der Waals surface area contributed by atoms with E-state index in [1.807, 2.05) is 0 Å². The molecule has 0 saturated carbocycles. The molecule has 0 spiro atoms. The summed E-state index contributed by atoms with van der Waals surface area (Å²) < 4.78 is 23.3. The molecule has 0 atom stereocenters. The second kappa shape index (κ2) is 6.93.